The molecule has 5 unspecified atom stereocenters. The van der Waals surface area contributed by atoms with Gasteiger partial charge in [-0.05, 0) is 74.4 Å². The van der Waals surface area contributed by atoms with Gasteiger partial charge in [-0.1, -0.05) is 27.2 Å². The van der Waals surface area contributed by atoms with Crippen LogP contribution in [0.3, 0.4) is 0 Å². The fourth-order valence-corrected chi connectivity index (χ4v) is 6.20. The van der Waals surface area contributed by atoms with E-state index in [4.69, 9.17) is 16.6 Å². The number of Topliss-reactive ketones (excluding diaryl/α,β-unsaturated/α-hetero) is 1. The maximum Gasteiger partial charge on any atom is 0.284 e. The van der Waals surface area contributed by atoms with Gasteiger partial charge < -0.3 is 32.0 Å². The van der Waals surface area contributed by atoms with E-state index in [0.29, 0.717) is 23.8 Å². The number of primary amides is 1. The minimum Gasteiger partial charge on any atom is -0.401 e. The number of nitrogens with zero attached hydrogens (tertiary/aromatic N) is 1. The molecule has 0 aromatic carbocycles. The van der Waals surface area contributed by atoms with E-state index in [1.165, 1.54) is 42.7 Å². The Labute approximate surface area is 263 Å². The average molecular weight is 634 g/mol. The molecular weight excluding hydrogens is 586 g/mol. The summed E-state index contributed by atoms with van der Waals surface area (Å²) >= 11 is 0.579. The minimum atomic E-state index is -1.34. The van der Waals surface area contributed by atoms with E-state index in [9.17, 15) is 28.8 Å². The largest absolute Gasteiger partial charge is 0.401 e. The normalized spacial score (nSPS) is 21.5. The lowest BCUT2D eigenvalue weighted by molar-refractivity contribution is -0.136. The van der Waals surface area contributed by atoms with E-state index in [1.54, 1.807) is 0 Å². The Morgan fingerprint density at radius 3 is 2.43 bits per heavy atom. The van der Waals surface area contributed by atoms with E-state index >= 15 is 0 Å². The second-order valence-electron chi connectivity index (χ2n) is 10.9. The van der Waals surface area contributed by atoms with Gasteiger partial charge in [0.1, 0.15) is 23.2 Å². The van der Waals surface area contributed by atoms with Crippen LogP contribution < -0.4 is 38.1 Å². The third-order valence-electron chi connectivity index (χ3n) is 7.81. The molecule has 0 aliphatic heterocycles. The number of nitrogens with two attached hydrogens (primary N) is 3. The molecule has 2 aliphatic carbocycles. The second-order valence-corrected chi connectivity index (χ2v) is 11.6. The number of hydrogen-bond acceptors (Lipinski definition) is 9. The van der Waals surface area contributed by atoms with Crippen LogP contribution in [0.4, 0.5) is 5.69 Å². The summed E-state index contributed by atoms with van der Waals surface area (Å²) in [7, 11) is 0. The molecule has 2 saturated carbocycles. The molecule has 1 heterocycles. The number of anilines is 1. The van der Waals surface area contributed by atoms with E-state index in [2.05, 4.69) is 36.0 Å². The van der Waals surface area contributed by atoms with Crippen LogP contribution in [-0.4, -0.2) is 46.1 Å². The number of carbonyl (C=O) groups is 5. The molecule has 14 heteroatoms. The summed E-state index contributed by atoms with van der Waals surface area (Å²) in [5.41, 5.74) is 10.0. The van der Waals surface area contributed by atoms with Crippen molar-refractivity contribution < 1.29 is 24.0 Å². The lowest BCUT2D eigenvalue weighted by Gasteiger charge is -2.44. The van der Waals surface area contributed by atoms with Crippen LogP contribution in [0.2, 0.25) is 0 Å². The number of ketones is 1. The number of hydrogen-bond donors (Lipinski definition) is 6. The Bertz CT molecular complexity index is 1290. The number of amides is 4. The van der Waals surface area contributed by atoms with E-state index in [0.717, 1.165) is 25.2 Å². The van der Waals surface area contributed by atoms with Crippen molar-refractivity contribution in [2.75, 3.05) is 5.32 Å². The Kier molecular flexibility index (Phi) is 15.6. The third kappa shape index (κ3) is 10.4. The van der Waals surface area contributed by atoms with Crippen molar-refractivity contribution in [2.24, 2.45) is 34.4 Å². The van der Waals surface area contributed by atoms with Crippen LogP contribution in [0.25, 0.3) is 0 Å². The molecule has 2 aliphatic rings. The smallest absolute Gasteiger partial charge is 0.284 e. The third-order valence-corrected chi connectivity index (χ3v) is 8.55. The summed E-state index contributed by atoms with van der Waals surface area (Å²) in [6.45, 7) is 9.38. The van der Waals surface area contributed by atoms with Crippen molar-refractivity contribution in [1.82, 2.24) is 15.2 Å². The number of aromatic nitrogens is 1. The summed E-state index contributed by atoms with van der Waals surface area (Å²) < 4.78 is 1.19. The van der Waals surface area contributed by atoms with E-state index in [-0.39, 0.29) is 48.6 Å². The Hall–Kier alpha value is -3.91. The van der Waals surface area contributed by atoms with Gasteiger partial charge in [0.05, 0.1) is 0 Å². The standard InChI is InChI=1S/C27H39N7O6S.C2H4.CH4/c1-14-11-16-5-3-6-17(12-16)22(14)33-21(36)13-34-10-4-7-19(27(34)40)32-25(38)18(8-9-20(35)24(29)37)31-26(39)23(41-30)15(2)28;1-2;/h4,7,10,14,16-18,22H,3,5-6,8-9,11-13,28,30H2,1-2H3,(H2,29,37)(H,31,39)(H,32,38)(H,33,36);1-2H2;1H4/b23-15-;;. The average Bonchev–Trinajstić information content (AvgIpc) is 2.96. The fraction of sp³-hybridized carbons (Fsp3) is 0.533. The van der Waals surface area contributed by atoms with Gasteiger partial charge in [-0.15, -0.1) is 13.2 Å². The van der Waals surface area contributed by atoms with Gasteiger partial charge in [0, 0.05) is 24.4 Å². The maximum atomic E-state index is 13.1. The molecule has 2 bridgehead atoms. The lowest BCUT2D eigenvalue weighted by atomic mass is 9.65. The molecule has 244 valence electrons. The molecule has 1 aromatic rings. The summed E-state index contributed by atoms with van der Waals surface area (Å²) in [5, 5.41) is 13.5. The highest BCUT2D eigenvalue weighted by atomic mass is 32.2. The molecule has 2 fully saturated rings. The zero-order valence-electron chi connectivity index (χ0n) is 24.7. The topological polar surface area (TPSA) is 222 Å². The lowest BCUT2D eigenvalue weighted by Crippen LogP contribution is -2.50. The van der Waals surface area contributed by atoms with Gasteiger partial charge in [0.2, 0.25) is 17.6 Å². The first-order valence-electron chi connectivity index (χ1n) is 14.2. The van der Waals surface area contributed by atoms with Crippen LogP contribution in [0, 0.1) is 17.8 Å². The first kappa shape index (κ1) is 38.1. The van der Waals surface area contributed by atoms with E-state index < -0.39 is 41.5 Å². The van der Waals surface area contributed by atoms with E-state index in [1.807, 2.05) is 0 Å². The maximum absolute atomic E-state index is 13.1. The van der Waals surface area contributed by atoms with Crippen molar-refractivity contribution in [3.8, 4) is 0 Å². The molecule has 0 radical (unpaired) electrons. The van der Waals surface area contributed by atoms with Crippen LogP contribution in [0.5, 0.6) is 0 Å². The van der Waals surface area contributed by atoms with Crippen LogP contribution in [-0.2, 0) is 30.5 Å². The summed E-state index contributed by atoms with van der Waals surface area (Å²) in [6.07, 6.45) is 6.44. The van der Waals surface area contributed by atoms with Gasteiger partial charge >= 0.3 is 0 Å². The number of allylic oxidation sites excluding steroid dienone is 1. The highest BCUT2D eigenvalue weighted by Crippen LogP contribution is 2.42. The molecule has 1 aromatic heterocycles. The molecule has 0 saturated heterocycles. The molecule has 3 rings (SSSR count). The highest BCUT2D eigenvalue weighted by molar-refractivity contribution is 8.01. The van der Waals surface area contributed by atoms with Gasteiger partial charge in [-0.2, -0.15) is 0 Å². The predicted octanol–water partition coefficient (Wildman–Crippen LogP) is 1.67. The molecule has 5 atom stereocenters. The Morgan fingerprint density at radius 1 is 1.14 bits per heavy atom. The fourth-order valence-electron chi connectivity index (χ4n) is 5.85. The number of rotatable bonds is 12. The molecule has 0 spiro atoms. The molecule has 4 amide bonds. The first-order valence-corrected chi connectivity index (χ1v) is 15.0. The predicted molar refractivity (Wildman–Crippen MR) is 173 cm³/mol. The van der Waals surface area contributed by atoms with Crippen LogP contribution in [0.1, 0.15) is 66.2 Å². The summed E-state index contributed by atoms with van der Waals surface area (Å²) in [5.74, 6) is -2.48. The number of fused-ring (bicyclic) bond motifs is 2. The highest BCUT2D eigenvalue weighted by Gasteiger charge is 2.38. The van der Waals surface area contributed by atoms with Crippen molar-refractivity contribution in [1.29, 1.82) is 0 Å². The monoisotopic (exact) mass is 633 g/mol. The molecule has 13 nitrogen and oxygen atoms in total. The molecule has 44 heavy (non-hydrogen) atoms. The van der Waals surface area contributed by atoms with Crippen LogP contribution >= 0.6 is 11.9 Å². The number of carbonyl (C=O) groups excluding carboxylic acids is 5. The van der Waals surface area contributed by atoms with Gasteiger partial charge in [-0.3, -0.25) is 33.9 Å². The van der Waals surface area contributed by atoms with Gasteiger partial charge in [0.15, 0.2) is 0 Å². The number of pyridine rings is 1. The Balaban J connectivity index is 0.00000316. The number of nitrogens with one attached hydrogen (secondary N) is 3. The summed E-state index contributed by atoms with van der Waals surface area (Å²) in [4.78, 5) is 74.8. The Morgan fingerprint density at radius 2 is 1.82 bits per heavy atom. The van der Waals surface area contributed by atoms with Gasteiger partial charge in [0.25, 0.3) is 17.4 Å². The van der Waals surface area contributed by atoms with Gasteiger partial charge in [-0.25, -0.2) is 0 Å². The zero-order valence-corrected chi connectivity index (χ0v) is 25.5. The minimum absolute atomic E-state index is 0. The second kappa shape index (κ2) is 18.0. The zero-order chi connectivity index (χ0) is 32.3. The van der Waals surface area contributed by atoms with Crippen molar-refractivity contribution >= 4 is 47.0 Å². The summed E-state index contributed by atoms with van der Waals surface area (Å²) in [6, 6.07) is 1.59. The molecule has 9 N–H and O–H groups in total. The molecular formula is C30H47N7O6S. The quantitative estimate of drug-likeness (QED) is 0.0851. The SMILES string of the molecule is C.C/C(N)=C(/SN)C(=O)NC(CCC(=O)C(N)=O)C(=O)Nc1cccn(CC(=O)NC2C(C)CC3CCCC2C3)c1=O.C=C. The van der Waals surface area contributed by atoms with Crippen molar-refractivity contribution in [3.05, 3.63) is 52.4 Å². The van der Waals surface area contributed by atoms with Crippen molar-refractivity contribution in [3.63, 3.8) is 0 Å². The van der Waals surface area contributed by atoms with Crippen molar-refractivity contribution in [2.45, 2.75) is 84.8 Å². The van der Waals surface area contributed by atoms with Crippen LogP contribution in [0.15, 0.2) is 46.9 Å². The first-order chi connectivity index (χ1) is 20.4.